The summed E-state index contributed by atoms with van der Waals surface area (Å²) < 4.78 is 4.38. The van der Waals surface area contributed by atoms with Crippen LogP contribution in [0.2, 0.25) is 0 Å². The second-order valence-corrected chi connectivity index (χ2v) is 8.97. The molecule has 174 valence electrons. The van der Waals surface area contributed by atoms with Crippen LogP contribution in [0, 0.1) is 0 Å². The SMILES string of the molecule is CCCCn1cnc2c1c(=O)n(CC(=O)c1ccc3c(c1)CCC3)c(=O)n2Cc1ccccc1. The van der Waals surface area contributed by atoms with Gasteiger partial charge in [-0.15, -0.1) is 0 Å². The number of aryl methyl sites for hydroxylation is 3. The molecule has 0 bridgehead atoms. The van der Waals surface area contributed by atoms with Crippen molar-refractivity contribution >= 4 is 16.9 Å². The van der Waals surface area contributed by atoms with Crippen molar-refractivity contribution in [2.24, 2.45) is 0 Å². The van der Waals surface area contributed by atoms with E-state index >= 15 is 0 Å². The van der Waals surface area contributed by atoms with Crippen molar-refractivity contribution in [3.63, 3.8) is 0 Å². The number of carbonyl (C=O) groups excluding carboxylic acids is 1. The molecule has 0 spiro atoms. The minimum Gasteiger partial charge on any atom is -0.325 e. The van der Waals surface area contributed by atoms with Gasteiger partial charge in [-0.1, -0.05) is 55.8 Å². The van der Waals surface area contributed by atoms with Crippen LogP contribution in [0.3, 0.4) is 0 Å². The molecule has 7 nitrogen and oxygen atoms in total. The molecular formula is C27H28N4O3. The molecule has 0 aliphatic heterocycles. The van der Waals surface area contributed by atoms with Crippen molar-refractivity contribution in [1.29, 1.82) is 0 Å². The number of imidazole rings is 1. The van der Waals surface area contributed by atoms with E-state index in [4.69, 9.17) is 0 Å². The Bertz CT molecular complexity index is 1480. The topological polar surface area (TPSA) is 78.9 Å². The highest BCUT2D eigenvalue weighted by atomic mass is 16.2. The Hall–Kier alpha value is -3.74. The minimum absolute atomic E-state index is 0.237. The Kier molecular flexibility index (Phi) is 6.01. The van der Waals surface area contributed by atoms with Gasteiger partial charge in [0.15, 0.2) is 16.9 Å². The smallest absolute Gasteiger partial charge is 0.325 e. The van der Waals surface area contributed by atoms with Crippen LogP contribution < -0.4 is 11.2 Å². The molecule has 1 aliphatic rings. The largest absolute Gasteiger partial charge is 0.333 e. The Morgan fingerprint density at radius 3 is 2.59 bits per heavy atom. The lowest BCUT2D eigenvalue weighted by Crippen LogP contribution is -2.42. The molecular weight excluding hydrogens is 428 g/mol. The van der Waals surface area contributed by atoms with Gasteiger partial charge in [0, 0.05) is 12.1 Å². The zero-order valence-corrected chi connectivity index (χ0v) is 19.4. The van der Waals surface area contributed by atoms with E-state index in [0.717, 1.165) is 42.2 Å². The molecule has 0 N–H and O–H groups in total. The number of hydrogen-bond acceptors (Lipinski definition) is 4. The van der Waals surface area contributed by atoms with Crippen molar-refractivity contribution in [3.8, 4) is 0 Å². The molecule has 5 rings (SSSR count). The number of hydrogen-bond donors (Lipinski definition) is 0. The van der Waals surface area contributed by atoms with Gasteiger partial charge in [-0.3, -0.25) is 18.7 Å². The zero-order chi connectivity index (χ0) is 23.7. The van der Waals surface area contributed by atoms with Gasteiger partial charge < -0.3 is 4.57 Å². The normalized spacial score (nSPS) is 12.9. The average Bonchev–Trinajstić information content (AvgIpc) is 3.50. The van der Waals surface area contributed by atoms with Gasteiger partial charge >= 0.3 is 5.69 Å². The summed E-state index contributed by atoms with van der Waals surface area (Å²) in [7, 11) is 0. The van der Waals surface area contributed by atoms with Crippen molar-refractivity contribution < 1.29 is 4.79 Å². The van der Waals surface area contributed by atoms with Crippen LogP contribution >= 0.6 is 0 Å². The maximum atomic E-state index is 13.5. The number of carbonyl (C=O) groups is 1. The van der Waals surface area contributed by atoms with E-state index in [1.54, 1.807) is 10.9 Å². The summed E-state index contributed by atoms with van der Waals surface area (Å²) in [6, 6.07) is 15.3. The van der Waals surface area contributed by atoms with Gasteiger partial charge in [-0.25, -0.2) is 9.78 Å². The Labute approximate surface area is 197 Å². The lowest BCUT2D eigenvalue weighted by atomic mass is 10.0. The Morgan fingerprint density at radius 2 is 1.79 bits per heavy atom. The molecule has 0 fully saturated rings. The first kappa shape index (κ1) is 22.1. The van der Waals surface area contributed by atoms with E-state index in [0.29, 0.717) is 23.3 Å². The van der Waals surface area contributed by atoms with Crippen molar-refractivity contribution in [2.45, 2.75) is 58.7 Å². The number of nitrogens with zero attached hydrogens (tertiary/aromatic N) is 4. The molecule has 4 aromatic rings. The third-order valence-electron chi connectivity index (χ3n) is 6.64. The quantitative estimate of drug-likeness (QED) is 0.380. The molecule has 0 saturated heterocycles. The highest BCUT2D eigenvalue weighted by molar-refractivity contribution is 5.96. The molecule has 0 unspecified atom stereocenters. The molecule has 34 heavy (non-hydrogen) atoms. The van der Waals surface area contributed by atoms with E-state index in [2.05, 4.69) is 11.9 Å². The maximum absolute atomic E-state index is 13.5. The van der Waals surface area contributed by atoms with Gasteiger partial charge in [0.25, 0.3) is 5.56 Å². The van der Waals surface area contributed by atoms with Crippen LogP contribution in [-0.2, 0) is 32.5 Å². The minimum atomic E-state index is -0.517. The molecule has 2 aromatic carbocycles. The van der Waals surface area contributed by atoms with E-state index in [9.17, 15) is 14.4 Å². The highest BCUT2D eigenvalue weighted by Gasteiger charge is 2.21. The molecule has 0 amide bonds. The fourth-order valence-corrected chi connectivity index (χ4v) is 4.76. The van der Waals surface area contributed by atoms with Crippen LogP contribution in [0.5, 0.6) is 0 Å². The number of unbranched alkanes of at least 4 members (excludes halogenated alkanes) is 1. The average molecular weight is 457 g/mol. The van der Waals surface area contributed by atoms with E-state index in [1.165, 1.54) is 15.7 Å². The molecule has 0 radical (unpaired) electrons. The number of ketones is 1. The van der Waals surface area contributed by atoms with Crippen molar-refractivity contribution in [3.05, 3.63) is 98.0 Å². The lowest BCUT2D eigenvalue weighted by Gasteiger charge is -2.13. The van der Waals surface area contributed by atoms with Crippen LogP contribution in [-0.4, -0.2) is 24.5 Å². The first-order valence-electron chi connectivity index (χ1n) is 11.9. The highest BCUT2D eigenvalue weighted by Crippen LogP contribution is 2.23. The lowest BCUT2D eigenvalue weighted by molar-refractivity contribution is 0.0968. The summed E-state index contributed by atoms with van der Waals surface area (Å²) in [6.45, 7) is 2.69. The third-order valence-corrected chi connectivity index (χ3v) is 6.64. The second kappa shape index (κ2) is 9.25. The monoisotopic (exact) mass is 456 g/mol. The van der Waals surface area contributed by atoms with E-state index < -0.39 is 11.2 Å². The summed E-state index contributed by atoms with van der Waals surface area (Å²) >= 11 is 0. The summed E-state index contributed by atoms with van der Waals surface area (Å²) in [5.74, 6) is -0.237. The third kappa shape index (κ3) is 4.02. The van der Waals surface area contributed by atoms with Crippen LogP contribution in [0.25, 0.3) is 11.2 Å². The van der Waals surface area contributed by atoms with Crippen molar-refractivity contribution in [2.75, 3.05) is 0 Å². The van der Waals surface area contributed by atoms with Crippen LogP contribution in [0.1, 0.15) is 53.2 Å². The summed E-state index contributed by atoms with van der Waals surface area (Å²) in [6.07, 6.45) is 6.56. The first-order valence-corrected chi connectivity index (χ1v) is 11.9. The Balaban J connectivity index is 1.60. The zero-order valence-electron chi connectivity index (χ0n) is 19.4. The number of Topliss-reactive ketones (excluding diaryl/α,β-unsaturated/α-hetero) is 1. The molecule has 2 aromatic heterocycles. The first-order chi connectivity index (χ1) is 16.6. The van der Waals surface area contributed by atoms with Gasteiger partial charge in [-0.2, -0.15) is 0 Å². The number of rotatable bonds is 8. The van der Waals surface area contributed by atoms with Gasteiger partial charge in [-0.05, 0) is 48.4 Å². The fourth-order valence-electron chi connectivity index (χ4n) is 4.76. The molecule has 1 aliphatic carbocycles. The number of fused-ring (bicyclic) bond motifs is 2. The molecule has 0 saturated carbocycles. The van der Waals surface area contributed by atoms with Crippen molar-refractivity contribution in [1.82, 2.24) is 18.7 Å². The Morgan fingerprint density at radius 1 is 1.00 bits per heavy atom. The predicted octanol–water partition coefficient (Wildman–Crippen LogP) is 3.58. The standard InChI is InChI=1S/C27H28N4O3/c1-2-3-14-29-18-28-25-24(29)26(33)31(27(34)30(25)16-19-8-5-4-6-9-19)17-23(32)22-13-12-20-10-7-11-21(20)15-22/h4-6,8-9,12-13,15,18H,2-3,7,10-11,14,16-17H2,1H3. The van der Waals surface area contributed by atoms with E-state index in [-0.39, 0.29) is 18.9 Å². The predicted molar refractivity (Wildman–Crippen MR) is 132 cm³/mol. The summed E-state index contributed by atoms with van der Waals surface area (Å²) in [5.41, 5.74) is 3.67. The fraction of sp³-hybridized carbons (Fsp3) is 0.333. The number of aromatic nitrogens is 4. The van der Waals surface area contributed by atoms with Crippen LogP contribution in [0.4, 0.5) is 0 Å². The summed E-state index contributed by atoms with van der Waals surface area (Å²) in [5, 5.41) is 0. The van der Waals surface area contributed by atoms with Gasteiger partial charge in [0.2, 0.25) is 0 Å². The second-order valence-electron chi connectivity index (χ2n) is 8.97. The van der Waals surface area contributed by atoms with Gasteiger partial charge in [0.05, 0.1) is 19.4 Å². The molecule has 7 heteroatoms. The summed E-state index contributed by atoms with van der Waals surface area (Å²) in [4.78, 5) is 44.6. The molecule has 2 heterocycles. The number of benzene rings is 2. The van der Waals surface area contributed by atoms with E-state index in [1.807, 2.05) is 48.5 Å². The maximum Gasteiger partial charge on any atom is 0.333 e. The molecule has 0 atom stereocenters. The van der Waals surface area contributed by atoms with Crippen LogP contribution in [0.15, 0.2) is 64.4 Å². The van der Waals surface area contributed by atoms with Gasteiger partial charge in [0.1, 0.15) is 0 Å².